The van der Waals surface area contributed by atoms with E-state index in [4.69, 9.17) is 8.71 Å². The zero-order valence-corrected chi connectivity index (χ0v) is 21.1. The van der Waals surface area contributed by atoms with Crippen molar-refractivity contribution in [2.24, 2.45) is 0 Å². The van der Waals surface area contributed by atoms with Crippen LogP contribution in [0.3, 0.4) is 0 Å². The molecule has 0 fully saturated rings. The Morgan fingerprint density at radius 1 is 0.700 bits per heavy atom. The van der Waals surface area contributed by atoms with Gasteiger partial charge >= 0.3 is 183 Å². The van der Waals surface area contributed by atoms with Crippen molar-refractivity contribution >= 4 is 16.9 Å². The van der Waals surface area contributed by atoms with Gasteiger partial charge in [0.25, 0.3) is 0 Å². The van der Waals surface area contributed by atoms with Crippen LogP contribution < -0.4 is 0 Å². The predicted molar refractivity (Wildman–Crippen MR) is 122 cm³/mol. The number of methoxy groups -OCH3 is 1. The average Bonchev–Trinajstić information content (AvgIpc) is 2.66. The van der Waals surface area contributed by atoms with E-state index in [0.29, 0.717) is 37.7 Å². The summed E-state index contributed by atoms with van der Waals surface area (Å²) in [5, 5.41) is 0. The van der Waals surface area contributed by atoms with Crippen molar-refractivity contribution in [3.8, 4) is 0 Å². The molecule has 0 aromatic rings. The van der Waals surface area contributed by atoms with E-state index in [1.165, 1.54) is 7.11 Å². The molecule has 0 unspecified atom stereocenters. The summed E-state index contributed by atoms with van der Waals surface area (Å²) in [4.78, 5) is 0. The van der Waals surface area contributed by atoms with Gasteiger partial charge in [0.05, 0.1) is 0 Å². The van der Waals surface area contributed by atoms with Gasteiger partial charge in [-0.1, -0.05) is 0 Å². The van der Waals surface area contributed by atoms with Crippen molar-refractivity contribution < 1.29 is 30.3 Å². The molecular formula is C21H44F3O4PS. The number of hydrogen-bond acceptors (Lipinski definition) is 4. The first-order valence-corrected chi connectivity index (χ1v) is 15.8. The zero-order valence-electron chi connectivity index (χ0n) is 19.4. The van der Waals surface area contributed by atoms with Gasteiger partial charge in [-0.05, 0) is 0 Å². The summed E-state index contributed by atoms with van der Waals surface area (Å²) in [7, 11) is -4.25. The number of ether oxygens (including phenoxy) is 1. The summed E-state index contributed by atoms with van der Waals surface area (Å²) in [5.74, 6) is 0. The molecule has 0 atom stereocenters. The van der Waals surface area contributed by atoms with Gasteiger partial charge in [0.15, 0.2) is 0 Å². The van der Waals surface area contributed by atoms with Crippen LogP contribution in [0.25, 0.3) is 0 Å². The molecule has 0 bridgehead atoms. The van der Waals surface area contributed by atoms with Crippen LogP contribution in [0.15, 0.2) is 0 Å². The van der Waals surface area contributed by atoms with Gasteiger partial charge in [0, 0.05) is 0 Å². The third kappa shape index (κ3) is 10.1. The summed E-state index contributed by atoms with van der Waals surface area (Å²) in [5.41, 5.74) is -5.42. The third-order valence-electron chi connectivity index (χ3n) is 5.78. The molecule has 0 saturated carbocycles. The Morgan fingerprint density at radius 2 is 1.07 bits per heavy atom. The summed E-state index contributed by atoms with van der Waals surface area (Å²) >= 11 is 0. The molecule has 184 valence electrons. The second-order valence-electron chi connectivity index (χ2n) is 8.60. The van der Waals surface area contributed by atoms with E-state index in [1.54, 1.807) is 0 Å². The Kier molecular flexibility index (Phi) is 14.3. The molecule has 0 aromatic carbocycles. The molecule has 0 N–H and O–H groups in total. The van der Waals surface area contributed by atoms with Crippen LogP contribution in [0.1, 0.15) is 97.8 Å². The molecule has 4 nitrogen and oxygen atoms in total. The molecule has 30 heavy (non-hydrogen) atoms. The molecule has 0 amide bonds. The Morgan fingerprint density at radius 3 is 1.33 bits per heavy atom. The summed E-state index contributed by atoms with van der Waals surface area (Å²) in [6, 6.07) is 0. The predicted octanol–water partition coefficient (Wildman–Crippen LogP) is 7.67. The maximum absolute atomic E-state index is 13.4. The second-order valence-corrected chi connectivity index (χ2v) is 15.9. The van der Waals surface area contributed by atoms with E-state index in [-0.39, 0.29) is 6.35 Å². The number of hydrogen-bond donors (Lipinski definition) is 0. The van der Waals surface area contributed by atoms with E-state index < -0.39 is 22.5 Å². The fourth-order valence-corrected chi connectivity index (χ4v) is 12.5. The molecule has 9 heteroatoms. The minimum atomic E-state index is -5.69. The molecular weight excluding hydrogens is 436 g/mol. The van der Waals surface area contributed by atoms with Crippen molar-refractivity contribution in [1.82, 2.24) is 0 Å². The van der Waals surface area contributed by atoms with Crippen molar-refractivity contribution in [2.45, 2.75) is 103 Å². The van der Waals surface area contributed by atoms with Crippen LogP contribution in [-0.4, -0.2) is 45.9 Å². The second kappa shape index (κ2) is 14.3. The van der Waals surface area contributed by atoms with Gasteiger partial charge < -0.3 is 0 Å². The summed E-state index contributed by atoms with van der Waals surface area (Å²) in [6.45, 7) is 2.42. The molecule has 0 aliphatic heterocycles. The van der Waals surface area contributed by atoms with E-state index in [9.17, 15) is 21.6 Å². The van der Waals surface area contributed by atoms with Crippen LogP contribution in [0, 0.1) is 0 Å². The van der Waals surface area contributed by atoms with Crippen LogP contribution >= 0.6 is 6.83 Å². The number of halogens is 3. The minimum absolute atomic E-state index is 0.0225. The summed E-state index contributed by atoms with van der Waals surface area (Å²) in [6.07, 6.45) is 11.6. The molecule has 0 aliphatic rings. The maximum atomic E-state index is 13.4. The van der Waals surface area contributed by atoms with Crippen LogP contribution in [0.2, 0.25) is 0 Å². The number of alkyl halides is 3. The Bertz CT molecular complexity index is 519. The van der Waals surface area contributed by atoms with E-state index in [2.05, 4.69) is 20.8 Å². The van der Waals surface area contributed by atoms with Gasteiger partial charge in [-0.2, -0.15) is 0 Å². The standard InChI is InChI=1S/C21H44F3O4PS/c1-5-8-11-14-17-29(20-27-4,18-15-12-9-6-2,19-16-13-10-7-3)28-30(25,26)21(22,23)24/h5-20H2,1-4H3. The Labute approximate surface area is 182 Å². The fourth-order valence-electron chi connectivity index (χ4n) is 4.12. The van der Waals surface area contributed by atoms with Crippen molar-refractivity contribution in [2.75, 3.05) is 31.9 Å². The van der Waals surface area contributed by atoms with Gasteiger partial charge in [-0.15, -0.1) is 0 Å². The first-order chi connectivity index (χ1) is 14.0. The molecule has 0 spiro atoms. The first kappa shape index (κ1) is 30.1. The van der Waals surface area contributed by atoms with E-state index in [0.717, 1.165) is 57.8 Å². The van der Waals surface area contributed by atoms with Crippen LogP contribution in [0.4, 0.5) is 13.2 Å². The van der Waals surface area contributed by atoms with Crippen LogP contribution in [-0.2, 0) is 18.8 Å². The van der Waals surface area contributed by atoms with Crippen LogP contribution in [0.5, 0.6) is 0 Å². The molecule has 0 aliphatic carbocycles. The van der Waals surface area contributed by atoms with Gasteiger partial charge in [-0.3, -0.25) is 0 Å². The van der Waals surface area contributed by atoms with Crippen molar-refractivity contribution in [3.05, 3.63) is 0 Å². The molecule has 0 saturated heterocycles. The first-order valence-electron chi connectivity index (χ1n) is 11.5. The SMILES string of the molecule is CCCCCCP(CCCCCC)(CCCCCC)(COC)OS(=O)(=O)C(F)(F)F. The Balaban J connectivity index is 6.07. The molecule has 0 rings (SSSR count). The quantitative estimate of drug-likeness (QED) is 0.108. The Hall–Kier alpha value is 0.0900. The summed E-state index contributed by atoms with van der Waals surface area (Å²) < 4.78 is 75.5. The zero-order chi connectivity index (χ0) is 23.2. The average molecular weight is 481 g/mol. The van der Waals surface area contributed by atoms with Crippen molar-refractivity contribution in [3.63, 3.8) is 0 Å². The fraction of sp³-hybridized carbons (Fsp3) is 1.00. The van der Waals surface area contributed by atoms with E-state index in [1.807, 2.05) is 0 Å². The van der Waals surface area contributed by atoms with Crippen molar-refractivity contribution in [1.29, 1.82) is 0 Å². The molecule has 0 heterocycles. The topological polar surface area (TPSA) is 52.6 Å². The van der Waals surface area contributed by atoms with Gasteiger partial charge in [-0.25, -0.2) is 0 Å². The molecule has 0 radical (unpaired) electrons. The number of unbranched alkanes of at least 4 members (excludes halogenated alkanes) is 9. The van der Waals surface area contributed by atoms with E-state index >= 15 is 0 Å². The third-order valence-corrected chi connectivity index (χ3v) is 14.1. The van der Waals surface area contributed by atoms with Gasteiger partial charge in [0.1, 0.15) is 0 Å². The molecule has 0 aromatic heterocycles. The normalized spacial score (nSPS) is 14.6. The monoisotopic (exact) mass is 480 g/mol. The van der Waals surface area contributed by atoms with Gasteiger partial charge in [0.2, 0.25) is 0 Å². The number of rotatable bonds is 19.